The molecule has 0 aromatic heterocycles. The van der Waals surface area contributed by atoms with Crippen LogP contribution >= 0.6 is 0 Å². The molecule has 0 bridgehead atoms. The molecule has 2 heterocycles. The number of carbonyl (C=O) groups is 2. The lowest BCUT2D eigenvalue weighted by Crippen LogP contribution is -2.51. The topological polar surface area (TPSA) is 49.4 Å². The molecule has 0 spiro atoms. The van der Waals surface area contributed by atoms with E-state index in [9.17, 15) is 9.59 Å². The summed E-state index contributed by atoms with van der Waals surface area (Å²) in [5, 5.41) is 3.36. The second-order valence-corrected chi connectivity index (χ2v) is 5.81. The van der Waals surface area contributed by atoms with E-state index in [-0.39, 0.29) is 23.8 Å². The van der Waals surface area contributed by atoms with Gasteiger partial charge in [-0.15, -0.1) is 0 Å². The lowest BCUT2D eigenvalue weighted by molar-refractivity contribution is -0.141. The number of imide groups is 1. The Labute approximate surface area is 119 Å². The maximum Gasteiger partial charge on any atom is 0.237 e. The number of amides is 2. The summed E-state index contributed by atoms with van der Waals surface area (Å²) in [4.78, 5) is 26.3. The third-order valence-electron chi connectivity index (χ3n) is 4.38. The Bertz CT molecular complexity index is 506. The number of hydrogen-bond acceptors (Lipinski definition) is 3. The van der Waals surface area contributed by atoms with Gasteiger partial charge in [-0.2, -0.15) is 0 Å². The molecule has 4 nitrogen and oxygen atoms in total. The van der Waals surface area contributed by atoms with Crippen molar-refractivity contribution in [2.24, 2.45) is 0 Å². The number of rotatable bonds is 2. The van der Waals surface area contributed by atoms with Gasteiger partial charge in [-0.05, 0) is 25.3 Å². The molecule has 1 N–H and O–H groups in total. The van der Waals surface area contributed by atoms with E-state index in [4.69, 9.17) is 0 Å². The lowest BCUT2D eigenvalue weighted by Gasteiger charge is -2.33. The molecule has 2 aliphatic heterocycles. The summed E-state index contributed by atoms with van der Waals surface area (Å²) in [7, 11) is 0. The number of hydrogen-bond donors (Lipinski definition) is 1. The predicted molar refractivity (Wildman–Crippen MR) is 76.1 cm³/mol. The minimum absolute atomic E-state index is 0.0230. The van der Waals surface area contributed by atoms with Crippen LogP contribution in [0.2, 0.25) is 0 Å². The fourth-order valence-electron chi connectivity index (χ4n) is 3.18. The van der Waals surface area contributed by atoms with Crippen LogP contribution in [0.3, 0.4) is 0 Å². The maximum absolute atomic E-state index is 12.6. The fourth-order valence-corrected chi connectivity index (χ4v) is 3.18. The highest BCUT2D eigenvalue weighted by Crippen LogP contribution is 2.32. The first-order chi connectivity index (χ1) is 9.66. The molecule has 0 aliphatic carbocycles. The molecule has 0 saturated carbocycles. The van der Waals surface area contributed by atoms with Crippen LogP contribution in [0.1, 0.15) is 37.7 Å². The standard InChI is InChI=1S/C16H20N2O2/c1-11-7-8-13(10-17-11)18-15(19)9-14(16(18)20)12-5-3-2-4-6-12/h2-6,11,13-14,17H,7-10H2,1H3. The maximum atomic E-state index is 12.6. The van der Waals surface area contributed by atoms with Crippen molar-refractivity contribution in [3.05, 3.63) is 35.9 Å². The van der Waals surface area contributed by atoms with Crippen molar-refractivity contribution in [3.8, 4) is 0 Å². The number of piperidine rings is 1. The Morgan fingerprint density at radius 2 is 1.90 bits per heavy atom. The third kappa shape index (κ3) is 2.36. The van der Waals surface area contributed by atoms with Crippen LogP contribution < -0.4 is 5.32 Å². The van der Waals surface area contributed by atoms with E-state index in [1.807, 2.05) is 30.3 Å². The van der Waals surface area contributed by atoms with Gasteiger partial charge in [0.1, 0.15) is 0 Å². The number of likely N-dealkylation sites (tertiary alicyclic amines) is 1. The Balaban J connectivity index is 1.77. The molecular weight excluding hydrogens is 252 g/mol. The Morgan fingerprint density at radius 3 is 2.55 bits per heavy atom. The van der Waals surface area contributed by atoms with Gasteiger partial charge in [0.2, 0.25) is 11.8 Å². The average Bonchev–Trinajstić information content (AvgIpc) is 2.76. The van der Waals surface area contributed by atoms with E-state index in [0.29, 0.717) is 12.5 Å². The smallest absolute Gasteiger partial charge is 0.237 e. The highest BCUT2D eigenvalue weighted by Gasteiger charge is 2.43. The van der Waals surface area contributed by atoms with Crippen molar-refractivity contribution < 1.29 is 9.59 Å². The molecule has 0 radical (unpaired) electrons. The zero-order valence-corrected chi connectivity index (χ0v) is 11.7. The van der Waals surface area contributed by atoms with Crippen LogP contribution in [-0.2, 0) is 9.59 Å². The first-order valence-corrected chi connectivity index (χ1v) is 7.31. The van der Waals surface area contributed by atoms with Gasteiger partial charge in [0, 0.05) is 19.0 Å². The summed E-state index contributed by atoms with van der Waals surface area (Å²) in [5.41, 5.74) is 0.950. The number of carbonyl (C=O) groups excluding carboxylic acids is 2. The number of nitrogens with one attached hydrogen (secondary N) is 1. The zero-order chi connectivity index (χ0) is 14.1. The van der Waals surface area contributed by atoms with E-state index >= 15 is 0 Å². The first kappa shape index (κ1) is 13.3. The average molecular weight is 272 g/mol. The largest absolute Gasteiger partial charge is 0.312 e. The van der Waals surface area contributed by atoms with Gasteiger partial charge in [-0.3, -0.25) is 14.5 Å². The van der Waals surface area contributed by atoms with E-state index in [1.165, 1.54) is 4.90 Å². The van der Waals surface area contributed by atoms with Crippen molar-refractivity contribution in [1.82, 2.24) is 10.2 Å². The normalized spacial score (nSPS) is 30.9. The molecule has 1 aromatic rings. The highest BCUT2D eigenvalue weighted by molar-refractivity contribution is 6.06. The Hall–Kier alpha value is -1.68. The van der Waals surface area contributed by atoms with Crippen LogP contribution in [0.25, 0.3) is 0 Å². The predicted octanol–water partition coefficient (Wildman–Crippen LogP) is 1.67. The molecule has 106 valence electrons. The molecule has 1 aromatic carbocycles. The van der Waals surface area contributed by atoms with Crippen molar-refractivity contribution in [3.63, 3.8) is 0 Å². The van der Waals surface area contributed by atoms with Gasteiger partial charge in [0.15, 0.2) is 0 Å². The molecule has 3 rings (SSSR count). The summed E-state index contributed by atoms with van der Waals surface area (Å²) in [5.74, 6) is -0.337. The van der Waals surface area contributed by atoms with Crippen molar-refractivity contribution in [2.75, 3.05) is 6.54 Å². The van der Waals surface area contributed by atoms with Gasteiger partial charge in [-0.1, -0.05) is 30.3 Å². The van der Waals surface area contributed by atoms with E-state index in [2.05, 4.69) is 12.2 Å². The van der Waals surface area contributed by atoms with Gasteiger partial charge in [0.25, 0.3) is 0 Å². The Morgan fingerprint density at radius 1 is 1.15 bits per heavy atom. The van der Waals surface area contributed by atoms with Crippen LogP contribution in [0, 0.1) is 0 Å². The van der Waals surface area contributed by atoms with Gasteiger partial charge in [0.05, 0.1) is 12.0 Å². The monoisotopic (exact) mass is 272 g/mol. The number of nitrogens with zero attached hydrogens (tertiary/aromatic N) is 1. The van der Waals surface area contributed by atoms with Crippen LogP contribution in [0.15, 0.2) is 30.3 Å². The molecule has 2 aliphatic rings. The van der Waals surface area contributed by atoms with Crippen molar-refractivity contribution in [1.29, 1.82) is 0 Å². The van der Waals surface area contributed by atoms with E-state index < -0.39 is 0 Å². The highest BCUT2D eigenvalue weighted by atomic mass is 16.2. The van der Waals surface area contributed by atoms with Gasteiger partial charge < -0.3 is 5.32 Å². The zero-order valence-electron chi connectivity index (χ0n) is 11.7. The quantitative estimate of drug-likeness (QED) is 0.833. The molecule has 20 heavy (non-hydrogen) atoms. The second-order valence-electron chi connectivity index (χ2n) is 5.81. The second kappa shape index (κ2) is 5.37. The molecule has 3 atom stereocenters. The molecule has 3 unspecified atom stereocenters. The molecular formula is C16H20N2O2. The van der Waals surface area contributed by atoms with Crippen LogP contribution in [0.4, 0.5) is 0 Å². The fraction of sp³-hybridized carbons (Fsp3) is 0.500. The van der Waals surface area contributed by atoms with Crippen LogP contribution in [-0.4, -0.2) is 35.3 Å². The SMILES string of the molecule is CC1CCC(N2C(=O)CC(c3ccccc3)C2=O)CN1. The minimum atomic E-state index is -0.289. The Kier molecular flexibility index (Phi) is 3.57. The lowest BCUT2D eigenvalue weighted by atomic mass is 9.97. The van der Waals surface area contributed by atoms with Crippen molar-refractivity contribution >= 4 is 11.8 Å². The van der Waals surface area contributed by atoms with Gasteiger partial charge in [-0.25, -0.2) is 0 Å². The van der Waals surface area contributed by atoms with Gasteiger partial charge >= 0.3 is 0 Å². The number of benzene rings is 1. The summed E-state index contributed by atoms with van der Waals surface area (Å²) >= 11 is 0. The van der Waals surface area contributed by atoms with E-state index in [1.54, 1.807) is 0 Å². The third-order valence-corrected chi connectivity index (χ3v) is 4.38. The summed E-state index contributed by atoms with van der Waals surface area (Å²) in [6.07, 6.45) is 2.24. The molecule has 2 amide bonds. The summed E-state index contributed by atoms with van der Waals surface area (Å²) in [6.45, 7) is 2.86. The minimum Gasteiger partial charge on any atom is -0.312 e. The molecule has 2 saturated heterocycles. The summed E-state index contributed by atoms with van der Waals surface area (Å²) < 4.78 is 0. The first-order valence-electron chi connectivity index (χ1n) is 7.31. The van der Waals surface area contributed by atoms with Crippen LogP contribution in [0.5, 0.6) is 0 Å². The summed E-state index contributed by atoms with van der Waals surface area (Å²) in [6, 6.07) is 10.1. The van der Waals surface area contributed by atoms with E-state index in [0.717, 1.165) is 24.9 Å². The molecule has 4 heteroatoms. The van der Waals surface area contributed by atoms with Crippen molar-refractivity contribution in [2.45, 2.75) is 44.2 Å². The molecule has 2 fully saturated rings.